The number of halogens is 2. The number of benzene rings is 1. The number of pyridine rings is 1. The Kier molecular flexibility index (Phi) is 5.10. The van der Waals surface area contributed by atoms with E-state index in [1.165, 1.54) is 0 Å². The summed E-state index contributed by atoms with van der Waals surface area (Å²) in [6.45, 7) is 4.93. The van der Waals surface area contributed by atoms with E-state index in [2.05, 4.69) is 22.5 Å². The average Bonchev–Trinajstić information content (AvgIpc) is 2.43. The van der Waals surface area contributed by atoms with Gasteiger partial charge in [0.05, 0.1) is 10.7 Å². The van der Waals surface area contributed by atoms with Gasteiger partial charge >= 0.3 is 0 Å². The molecule has 1 aromatic heterocycles. The van der Waals surface area contributed by atoms with Gasteiger partial charge in [0, 0.05) is 11.6 Å². The molecule has 0 fully saturated rings. The maximum Gasteiger partial charge on any atom is 0.132 e. The molecule has 2 aromatic rings. The third-order valence-electron chi connectivity index (χ3n) is 2.82. The average molecular weight is 310 g/mol. The van der Waals surface area contributed by atoms with Gasteiger partial charge in [-0.05, 0) is 43.2 Å². The number of nitrogens with zero attached hydrogens (tertiary/aromatic N) is 1. The molecule has 0 bridgehead atoms. The Morgan fingerprint density at radius 2 is 1.85 bits per heavy atom. The molecule has 0 saturated carbocycles. The van der Waals surface area contributed by atoms with Gasteiger partial charge in [-0.25, -0.2) is 4.98 Å². The maximum absolute atomic E-state index is 6.21. The van der Waals surface area contributed by atoms with Crippen LogP contribution >= 0.6 is 23.2 Å². The molecule has 0 spiro atoms. The fourth-order valence-corrected chi connectivity index (χ4v) is 2.17. The summed E-state index contributed by atoms with van der Waals surface area (Å²) in [5.41, 5.74) is 1.70. The quantitative estimate of drug-likeness (QED) is 0.790. The van der Waals surface area contributed by atoms with Gasteiger partial charge in [-0.15, -0.1) is 0 Å². The third kappa shape index (κ3) is 3.78. The SMILES string of the molecule is CCCNc1cccc(Nc2cc(Cl)c(C)cc2Cl)n1. The van der Waals surface area contributed by atoms with Crippen LogP contribution in [-0.2, 0) is 0 Å². The van der Waals surface area contributed by atoms with E-state index in [0.29, 0.717) is 10.0 Å². The molecule has 0 aliphatic carbocycles. The number of aryl methyl sites for hydroxylation is 1. The van der Waals surface area contributed by atoms with E-state index in [-0.39, 0.29) is 0 Å². The minimum Gasteiger partial charge on any atom is -0.370 e. The van der Waals surface area contributed by atoms with Crippen LogP contribution in [0.25, 0.3) is 0 Å². The molecule has 1 aromatic carbocycles. The van der Waals surface area contributed by atoms with Crippen LogP contribution in [0.5, 0.6) is 0 Å². The number of rotatable bonds is 5. The summed E-state index contributed by atoms with van der Waals surface area (Å²) in [5, 5.41) is 7.74. The van der Waals surface area contributed by atoms with Crippen molar-refractivity contribution in [2.75, 3.05) is 17.2 Å². The van der Waals surface area contributed by atoms with E-state index in [0.717, 1.165) is 35.9 Å². The molecule has 20 heavy (non-hydrogen) atoms. The lowest BCUT2D eigenvalue weighted by molar-refractivity contribution is 0.970. The zero-order valence-electron chi connectivity index (χ0n) is 11.5. The Labute approximate surface area is 129 Å². The number of hydrogen-bond acceptors (Lipinski definition) is 3. The van der Waals surface area contributed by atoms with E-state index in [4.69, 9.17) is 23.2 Å². The number of nitrogens with one attached hydrogen (secondary N) is 2. The molecule has 0 radical (unpaired) electrons. The minimum atomic E-state index is 0.626. The van der Waals surface area contributed by atoms with Crippen LogP contribution in [0.15, 0.2) is 30.3 Å². The Hall–Kier alpha value is -1.45. The second-order valence-electron chi connectivity index (χ2n) is 4.54. The second kappa shape index (κ2) is 6.82. The first-order chi connectivity index (χ1) is 9.60. The lowest BCUT2D eigenvalue weighted by atomic mass is 10.2. The van der Waals surface area contributed by atoms with Gasteiger partial charge in [0.1, 0.15) is 11.6 Å². The topological polar surface area (TPSA) is 37.0 Å². The van der Waals surface area contributed by atoms with Gasteiger partial charge < -0.3 is 10.6 Å². The van der Waals surface area contributed by atoms with Crippen molar-refractivity contribution in [2.24, 2.45) is 0 Å². The van der Waals surface area contributed by atoms with E-state index < -0.39 is 0 Å². The van der Waals surface area contributed by atoms with Crippen molar-refractivity contribution in [2.45, 2.75) is 20.3 Å². The summed E-state index contributed by atoms with van der Waals surface area (Å²) in [7, 11) is 0. The summed E-state index contributed by atoms with van der Waals surface area (Å²) in [6, 6.07) is 9.42. The predicted molar refractivity (Wildman–Crippen MR) is 87.5 cm³/mol. The minimum absolute atomic E-state index is 0.626. The van der Waals surface area contributed by atoms with Crippen LogP contribution in [0.1, 0.15) is 18.9 Å². The Bertz CT molecular complexity index is 600. The summed E-state index contributed by atoms with van der Waals surface area (Å²) in [5.74, 6) is 1.57. The van der Waals surface area contributed by atoms with Gasteiger partial charge in [0.15, 0.2) is 0 Å². The van der Waals surface area contributed by atoms with E-state index in [1.807, 2.05) is 37.3 Å². The molecule has 0 unspecified atom stereocenters. The molecule has 3 nitrogen and oxygen atoms in total. The first kappa shape index (κ1) is 14.9. The van der Waals surface area contributed by atoms with Crippen molar-refractivity contribution in [1.29, 1.82) is 0 Å². The highest BCUT2D eigenvalue weighted by Gasteiger charge is 2.06. The molecular weight excluding hydrogens is 293 g/mol. The molecule has 106 valence electrons. The van der Waals surface area contributed by atoms with Gasteiger partial charge in [-0.2, -0.15) is 0 Å². The van der Waals surface area contributed by atoms with Crippen molar-refractivity contribution in [3.63, 3.8) is 0 Å². The molecule has 0 amide bonds. The summed E-state index contributed by atoms with van der Waals surface area (Å²) < 4.78 is 0. The van der Waals surface area contributed by atoms with Crippen molar-refractivity contribution < 1.29 is 0 Å². The van der Waals surface area contributed by atoms with Crippen molar-refractivity contribution in [1.82, 2.24) is 4.98 Å². The van der Waals surface area contributed by atoms with Crippen LogP contribution in [0, 0.1) is 6.92 Å². The van der Waals surface area contributed by atoms with E-state index in [1.54, 1.807) is 0 Å². The fraction of sp³-hybridized carbons (Fsp3) is 0.267. The second-order valence-corrected chi connectivity index (χ2v) is 5.36. The van der Waals surface area contributed by atoms with Crippen molar-refractivity contribution >= 4 is 40.5 Å². The predicted octanol–water partition coefficient (Wildman–Crippen LogP) is 5.26. The Morgan fingerprint density at radius 3 is 2.60 bits per heavy atom. The molecule has 1 heterocycles. The molecule has 0 aliphatic rings. The molecule has 2 N–H and O–H groups in total. The molecule has 0 saturated heterocycles. The molecular formula is C15H17Cl2N3. The Balaban J connectivity index is 2.19. The Morgan fingerprint density at radius 1 is 1.10 bits per heavy atom. The molecule has 5 heteroatoms. The summed E-state index contributed by atoms with van der Waals surface area (Å²) in [6.07, 6.45) is 1.05. The molecule has 2 rings (SSSR count). The lowest BCUT2D eigenvalue weighted by Gasteiger charge is -2.11. The smallest absolute Gasteiger partial charge is 0.132 e. The highest BCUT2D eigenvalue weighted by molar-refractivity contribution is 6.35. The van der Waals surface area contributed by atoms with Gasteiger partial charge in [-0.1, -0.05) is 36.2 Å². The summed E-state index contributed by atoms with van der Waals surface area (Å²) in [4.78, 5) is 4.47. The zero-order valence-corrected chi connectivity index (χ0v) is 13.0. The number of aromatic nitrogens is 1. The van der Waals surface area contributed by atoms with Crippen LogP contribution in [0.3, 0.4) is 0 Å². The first-order valence-corrected chi connectivity index (χ1v) is 7.29. The lowest BCUT2D eigenvalue weighted by Crippen LogP contribution is -2.03. The van der Waals surface area contributed by atoms with Crippen molar-refractivity contribution in [3.05, 3.63) is 45.9 Å². The third-order valence-corrected chi connectivity index (χ3v) is 3.54. The van der Waals surface area contributed by atoms with Gasteiger partial charge in [0.2, 0.25) is 0 Å². The molecule has 0 atom stereocenters. The standard InChI is InChI=1S/C15H17Cl2N3/c1-3-7-18-14-5-4-6-15(20-14)19-13-9-11(16)10(2)8-12(13)17/h4-6,8-9H,3,7H2,1-2H3,(H2,18,19,20). The van der Waals surface area contributed by atoms with Gasteiger partial charge in [-0.3, -0.25) is 0 Å². The highest BCUT2D eigenvalue weighted by Crippen LogP contribution is 2.30. The van der Waals surface area contributed by atoms with Crippen LogP contribution in [-0.4, -0.2) is 11.5 Å². The fourth-order valence-electron chi connectivity index (χ4n) is 1.74. The molecule has 0 aliphatic heterocycles. The maximum atomic E-state index is 6.21. The van der Waals surface area contributed by atoms with Gasteiger partial charge in [0.25, 0.3) is 0 Å². The highest BCUT2D eigenvalue weighted by atomic mass is 35.5. The van der Waals surface area contributed by atoms with E-state index in [9.17, 15) is 0 Å². The number of hydrogen-bond donors (Lipinski definition) is 2. The summed E-state index contributed by atoms with van der Waals surface area (Å²) >= 11 is 12.3. The number of anilines is 3. The largest absolute Gasteiger partial charge is 0.370 e. The normalized spacial score (nSPS) is 10.4. The first-order valence-electron chi connectivity index (χ1n) is 6.53. The zero-order chi connectivity index (χ0) is 14.5. The van der Waals surface area contributed by atoms with Crippen LogP contribution in [0.4, 0.5) is 17.3 Å². The van der Waals surface area contributed by atoms with Crippen LogP contribution in [0.2, 0.25) is 10.0 Å². The van der Waals surface area contributed by atoms with Crippen LogP contribution < -0.4 is 10.6 Å². The monoisotopic (exact) mass is 309 g/mol. The van der Waals surface area contributed by atoms with Crippen molar-refractivity contribution in [3.8, 4) is 0 Å². The van der Waals surface area contributed by atoms with E-state index >= 15 is 0 Å².